The first kappa shape index (κ1) is 17.9. The molecule has 3 nitrogen and oxygen atoms in total. The zero-order valence-electron chi connectivity index (χ0n) is 15.0. The van der Waals surface area contributed by atoms with Crippen LogP contribution >= 0.6 is 12.2 Å². The van der Waals surface area contributed by atoms with Gasteiger partial charge in [0.05, 0.1) is 0 Å². The van der Waals surface area contributed by atoms with Crippen molar-refractivity contribution in [2.45, 2.75) is 6.54 Å². The Bertz CT molecular complexity index is 900. The fourth-order valence-electron chi connectivity index (χ4n) is 3.33. The Labute approximate surface area is 164 Å². The third kappa shape index (κ3) is 4.26. The highest BCUT2D eigenvalue weighted by Gasteiger charge is 2.21. The lowest BCUT2D eigenvalue weighted by molar-refractivity contribution is 0.176. The Hall–Kier alpha value is -2.50. The Kier molecular flexibility index (Phi) is 5.32. The molecule has 138 valence electrons. The molecule has 1 saturated heterocycles. The lowest BCUT2D eigenvalue weighted by Crippen LogP contribution is -2.47. The van der Waals surface area contributed by atoms with Crippen molar-refractivity contribution in [1.29, 1.82) is 0 Å². The van der Waals surface area contributed by atoms with Gasteiger partial charge in [-0.05, 0) is 42.0 Å². The van der Waals surface area contributed by atoms with E-state index in [4.69, 9.17) is 16.6 Å². The number of rotatable bonds is 4. The molecule has 2 heterocycles. The Balaban J connectivity index is 1.36. The highest BCUT2D eigenvalue weighted by molar-refractivity contribution is 7.80. The number of hydrogen-bond acceptors (Lipinski definition) is 3. The van der Waals surface area contributed by atoms with E-state index >= 15 is 0 Å². The Morgan fingerprint density at radius 3 is 2.30 bits per heavy atom. The predicted molar refractivity (Wildman–Crippen MR) is 109 cm³/mol. The molecule has 1 aromatic heterocycles. The highest BCUT2D eigenvalue weighted by atomic mass is 32.1. The van der Waals surface area contributed by atoms with Crippen LogP contribution in [0, 0.1) is 5.82 Å². The van der Waals surface area contributed by atoms with Crippen molar-refractivity contribution in [2.24, 2.45) is 0 Å². The third-order valence-electron chi connectivity index (χ3n) is 4.85. The summed E-state index contributed by atoms with van der Waals surface area (Å²) in [6.07, 6.45) is 0. The van der Waals surface area contributed by atoms with Gasteiger partial charge in [0, 0.05) is 38.3 Å². The number of hydrogen-bond donors (Lipinski definition) is 0. The van der Waals surface area contributed by atoms with Gasteiger partial charge in [0.25, 0.3) is 0 Å². The van der Waals surface area contributed by atoms with Crippen LogP contribution in [0.2, 0.25) is 0 Å². The largest absolute Gasteiger partial charge is 0.454 e. The molecule has 1 aliphatic heterocycles. The normalized spacial score (nSPS) is 15.1. The van der Waals surface area contributed by atoms with Gasteiger partial charge in [-0.1, -0.05) is 42.5 Å². The van der Waals surface area contributed by atoms with Crippen LogP contribution in [0.25, 0.3) is 11.3 Å². The predicted octanol–water partition coefficient (Wildman–Crippen LogP) is 4.58. The summed E-state index contributed by atoms with van der Waals surface area (Å²) in [6.45, 7) is 4.69. The van der Waals surface area contributed by atoms with Crippen molar-refractivity contribution in [3.8, 4) is 11.3 Å². The standard InChI is InChI=1S/C22H21FN2OS/c23-19-8-6-18(7-9-19)20-10-11-21(26-20)22(27)25-14-12-24(13-15-25)16-17-4-2-1-3-5-17/h1-11H,12-16H2. The second-order valence-corrected chi connectivity index (χ2v) is 7.11. The summed E-state index contributed by atoms with van der Waals surface area (Å²) in [5, 5.41) is 0. The SMILES string of the molecule is Fc1ccc(-c2ccc(C(=S)N3CCN(Cc4ccccc4)CC3)o2)cc1. The molecule has 1 aliphatic rings. The van der Waals surface area contributed by atoms with Crippen LogP contribution in [-0.4, -0.2) is 41.0 Å². The van der Waals surface area contributed by atoms with Gasteiger partial charge in [-0.3, -0.25) is 4.90 Å². The Morgan fingerprint density at radius 2 is 1.59 bits per heavy atom. The number of furan rings is 1. The van der Waals surface area contributed by atoms with Crippen molar-refractivity contribution in [2.75, 3.05) is 26.2 Å². The second-order valence-electron chi connectivity index (χ2n) is 6.72. The van der Waals surface area contributed by atoms with Crippen molar-refractivity contribution >= 4 is 17.2 Å². The summed E-state index contributed by atoms with van der Waals surface area (Å²) in [6, 6.07) is 20.6. The van der Waals surface area contributed by atoms with E-state index in [0.717, 1.165) is 43.3 Å². The molecule has 0 bridgehead atoms. The van der Waals surface area contributed by atoms with E-state index in [9.17, 15) is 4.39 Å². The molecular weight excluding hydrogens is 359 g/mol. The first-order chi connectivity index (χ1) is 13.2. The fourth-order valence-corrected chi connectivity index (χ4v) is 3.62. The van der Waals surface area contributed by atoms with Gasteiger partial charge in [0.15, 0.2) is 5.76 Å². The van der Waals surface area contributed by atoms with Gasteiger partial charge in [-0.25, -0.2) is 4.39 Å². The second kappa shape index (κ2) is 8.03. The summed E-state index contributed by atoms with van der Waals surface area (Å²) >= 11 is 5.65. The summed E-state index contributed by atoms with van der Waals surface area (Å²) < 4.78 is 19.0. The third-order valence-corrected chi connectivity index (χ3v) is 5.31. The minimum atomic E-state index is -0.255. The minimum absolute atomic E-state index is 0.255. The number of piperazine rings is 1. The van der Waals surface area contributed by atoms with Crippen LogP contribution in [0.1, 0.15) is 11.3 Å². The van der Waals surface area contributed by atoms with Gasteiger partial charge >= 0.3 is 0 Å². The van der Waals surface area contributed by atoms with E-state index in [1.165, 1.54) is 17.7 Å². The molecule has 0 atom stereocenters. The number of halogens is 1. The monoisotopic (exact) mass is 380 g/mol. The van der Waals surface area contributed by atoms with Crippen molar-refractivity contribution in [3.63, 3.8) is 0 Å². The smallest absolute Gasteiger partial charge is 0.162 e. The van der Waals surface area contributed by atoms with Crippen LogP contribution in [0.4, 0.5) is 4.39 Å². The molecule has 0 spiro atoms. The van der Waals surface area contributed by atoms with Crippen LogP contribution in [0.15, 0.2) is 71.1 Å². The lowest BCUT2D eigenvalue weighted by Gasteiger charge is -2.35. The molecule has 3 aromatic rings. The molecule has 4 rings (SSSR count). The van der Waals surface area contributed by atoms with Gasteiger partial charge < -0.3 is 9.32 Å². The average Bonchev–Trinajstić information content (AvgIpc) is 3.20. The first-order valence-electron chi connectivity index (χ1n) is 9.10. The lowest BCUT2D eigenvalue weighted by atomic mass is 10.2. The summed E-state index contributed by atoms with van der Waals surface area (Å²) in [7, 11) is 0. The van der Waals surface area contributed by atoms with Crippen LogP contribution in [0.5, 0.6) is 0 Å². The maximum absolute atomic E-state index is 13.1. The summed E-state index contributed by atoms with van der Waals surface area (Å²) in [5.74, 6) is 1.14. The van der Waals surface area contributed by atoms with E-state index in [1.54, 1.807) is 12.1 Å². The number of nitrogens with zero attached hydrogens (tertiary/aromatic N) is 2. The molecule has 1 fully saturated rings. The zero-order valence-corrected chi connectivity index (χ0v) is 15.8. The fraction of sp³-hybridized carbons (Fsp3) is 0.227. The molecule has 0 saturated carbocycles. The van der Waals surface area contributed by atoms with Crippen LogP contribution in [0.3, 0.4) is 0 Å². The number of thiocarbonyl (C=S) groups is 1. The minimum Gasteiger partial charge on any atom is -0.454 e. The summed E-state index contributed by atoms with van der Waals surface area (Å²) in [5.41, 5.74) is 2.18. The van der Waals surface area contributed by atoms with Crippen molar-refractivity contribution in [1.82, 2.24) is 9.80 Å². The van der Waals surface area contributed by atoms with Gasteiger partial charge in [-0.15, -0.1) is 0 Å². The topological polar surface area (TPSA) is 19.6 Å². The molecule has 0 radical (unpaired) electrons. The van der Waals surface area contributed by atoms with Crippen molar-refractivity contribution < 1.29 is 8.81 Å². The van der Waals surface area contributed by atoms with E-state index in [1.807, 2.05) is 18.2 Å². The average molecular weight is 380 g/mol. The van der Waals surface area contributed by atoms with E-state index in [0.29, 0.717) is 11.5 Å². The van der Waals surface area contributed by atoms with Gasteiger partial charge in [0.2, 0.25) is 0 Å². The van der Waals surface area contributed by atoms with E-state index in [-0.39, 0.29) is 5.82 Å². The van der Waals surface area contributed by atoms with Gasteiger partial charge in [0.1, 0.15) is 16.6 Å². The maximum Gasteiger partial charge on any atom is 0.162 e. The summed E-state index contributed by atoms with van der Waals surface area (Å²) in [4.78, 5) is 5.38. The first-order valence-corrected chi connectivity index (χ1v) is 9.51. The highest BCUT2D eigenvalue weighted by Crippen LogP contribution is 2.24. The maximum atomic E-state index is 13.1. The molecule has 0 aliphatic carbocycles. The molecule has 2 aromatic carbocycles. The molecule has 27 heavy (non-hydrogen) atoms. The molecular formula is C22H21FN2OS. The number of benzene rings is 2. The zero-order chi connectivity index (χ0) is 18.6. The quantitative estimate of drug-likeness (QED) is 0.617. The molecule has 0 N–H and O–H groups in total. The molecule has 0 unspecified atom stereocenters. The van der Waals surface area contributed by atoms with E-state index < -0.39 is 0 Å². The van der Waals surface area contributed by atoms with Crippen LogP contribution in [-0.2, 0) is 6.54 Å². The van der Waals surface area contributed by atoms with Crippen molar-refractivity contribution in [3.05, 3.63) is 83.9 Å². The van der Waals surface area contributed by atoms with Crippen LogP contribution < -0.4 is 0 Å². The Morgan fingerprint density at radius 1 is 0.889 bits per heavy atom. The molecule has 5 heteroatoms. The van der Waals surface area contributed by atoms with Gasteiger partial charge in [-0.2, -0.15) is 0 Å². The molecule has 0 amide bonds. The van der Waals surface area contributed by atoms with E-state index in [2.05, 4.69) is 34.1 Å².